The minimum absolute atomic E-state index is 0.0339. The van der Waals surface area contributed by atoms with Gasteiger partial charge in [0.05, 0.1) is 12.2 Å². The summed E-state index contributed by atoms with van der Waals surface area (Å²) in [6.07, 6.45) is -3.85. The van der Waals surface area contributed by atoms with Crippen LogP contribution in [0.15, 0.2) is 82.3 Å². The maximum Gasteiger partial charge on any atom is 0.416 e. The molecule has 3 aromatic rings. The molecule has 0 saturated carbocycles. The second-order valence-corrected chi connectivity index (χ2v) is 9.65. The number of hydrogen-bond donors (Lipinski definition) is 2. The highest BCUT2D eigenvalue weighted by molar-refractivity contribution is 9.10. The quantitative estimate of drug-likeness (QED) is 0.314. The summed E-state index contributed by atoms with van der Waals surface area (Å²) in [5.74, 6) is 0.329. The highest BCUT2D eigenvalue weighted by atomic mass is 79.9. The lowest BCUT2D eigenvalue weighted by atomic mass is 9.91. The Morgan fingerprint density at radius 3 is 2.42 bits per heavy atom. The Morgan fingerprint density at radius 2 is 1.74 bits per heavy atom. The number of benzene rings is 3. The molecule has 10 heteroatoms. The van der Waals surface area contributed by atoms with E-state index in [4.69, 9.17) is 14.6 Å². The van der Waals surface area contributed by atoms with E-state index in [-0.39, 0.29) is 37.6 Å². The Kier molecular flexibility index (Phi) is 8.73. The summed E-state index contributed by atoms with van der Waals surface area (Å²) < 4.78 is 52.6. The van der Waals surface area contributed by atoms with E-state index in [2.05, 4.69) is 26.2 Å². The van der Waals surface area contributed by atoms with Crippen molar-refractivity contribution >= 4 is 27.7 Å². The second-order valence-electron chi connectivity index (χ2n) is 8.79. The molecule has 0 unspecified atom stereocenters. The predicted octanol–water partition coefficient (Wildman–Crippen LogP) is 5.30. The van der Waals surface area contributed by atoms with Crippen LogP contribution < -0.4 is 10.1 Å². The normalized spacial score (nSPS) is 17.0. The van der Waals surface area contributed by atoms with Crippen molar-refractivity contribution < 1.29 is 32.5 Å². The van der Waals surface area contributed by atoms with E-state index >= 15 is 0 Å². The van der Waals surface area contributed by atoms with Crippen molar-refractivity contribution in [3.63, 3.8) is 0 Å². The van der Waals surface area contributed by atoms with E-state index in [9.17, 15) is 18.0 Å². The zero-order chi connectivity index (χ0) is 27.2. The Labute approximate surface area is 226 Å². The van der Waals surface area contributed by atoms with Gasteiger partial charge in [0.15, 0.2) is 5.54 Å². The number of rotatable bonds is 10. The molecule has 0 radical (unpaired) electrons. The smallest absolute Gasteiger partial charge is 0.416 e. The van der Waals surface area contributed by atoms with E-state index in [1.54, 1.807) is 24.3 Å². The topological polar surface area (TPSA) is 80.2 Å². The molecule has 0 aliphatic carbocycles. The van der Waals surface area contributed by atoms with Gasteiger partial charge in [-0.1, -0.05) is 52.3 Å². The molecule has 0 spiro atoms. The van der Waals surface area contributed by atoms with Gasteiger partial charge in [0.2, 0.25) is 5.90 Å². The highest BCUT2D eigenvalue weighted by Gasteiger charge is 2.45. The maximum atomic E-state index is 13.6. The van der Waals surface area contributed by atoms with Crippen molar-refractivity contribution in [2.75, 3.05) is 19.8 Å². The molecule has 1 amide bonds. The van der Waals surface area contributed by atoms with Crippen LogP contribution in [0, 0.1) is 0 Å². The van der Waals surface area contributed by atoms with Gasteiger partial charge in [-0.2, -0.15) is 13.2 Å². The summed E-state index contributed by atoms with van der Waals surface area (Å²) >= 11 is 3.50. The fraction of sp³-hybridized carbons (Fsp3) is 0.286. The van der Waals surface area contributed by atoms with E-state index in [0.29, 0.717) is 24.3 Å². The number of aliphatic hydroxyl groups is 1. The first-order valence-corrected chi connectivity index (χ1v) is 12.7. The first-order valence-electron chi connectivity index (χ1n) is 12.0. The van der Waals surface area contributed by atoms with Gasteiger partial charge in [-0.15, -0.1) is 0 Å². The summed E-state index contributed by atoms with van der Waals surface area (Å²) in [7, 11) is 0. The van der Waals surface area contributed by atoms with Gasteiger partial charge in [-0.3, -0.25) is 4.79 Å². The number of carbonyl (C=O) groups is 1. The van der Waals surface area contributed by atoms with Gasteiger partial charge >= 0.3 is 6.18 Å². The molecule has 200 valence electrons. The molecule has 0 bridgehead atoms. The number of nitrogens with zero attached hydrogens (tertiary/aromatic N) is 1. The lowest BCUT2D eigenvalue weighted by Gasteiger charge is -2.24. The van der Waals surface area contributed by atoms with E-state index in [1.165, 1.54) is 18.2 Å². The Hall–Kier alpha value is -3.37. The monoisotopic (exact) mass is 590 g/mol. The van der Waals surface area contributed by atoms with Crippen LogP contribution in [-0.2, 0) is 28.7 Å². The maximum absolute atomic E-state index is 13.6. The summed E-state index contributed by atoms with van der Waals surface area (Å²) in [6, 6.07) is 19.5. The average molecular weight is 591 g/mol. The standard InChI is InChI=1S/C28H26BrF3N2O4/c29-24-9-4-2-6-20(24)16-27(26(36)33-17-21-7-1-3-8-23(21)28(30,31)32)18-38-25(34-27)19-10-12-22(13-11-19)37-15-5-14-35/h1-4,6-13,35H,5,14-18H2,(H,33,36)/t27-/m1/s1. The van der Waals surface area contributed by atoms with Crippen molar-refractivity contribution in [3.05, 3.63) is 99.5 Å². The number of amides is 1. The fourth-order valence-electron chi connectivity index (χ4n) is 4.08. The molecule has 1 heterocycles. The minimum atomic E-state index is -4.54. The molecule has 4 rings (SSSR count). The number of ether oxygens (including phenoxy) is 2. The molecular weight excluding hydrogens is 565 g/mol. The first-order chi connectivity index (χ1) is 18.2. The number of aliphatic imine (C=N–C) groups is 1. The van der Waals surface area contributed by atoms with E-state index in [0.717, 1.165) is 16.1 Å². The number of halogens is 4. The SMILES string of the molecule is O=C(NCc1ccccc1C(F)(F)F)[C@@]1(Cc2ccccc2Br)COC(c2ccc(OCCCO)cc2)=N1. The minimum Gasteiger partial charge on any atom is -0.494 e. The molecule has 2 N–H and O–H groups in total. The summed E-state index contributed by atoms with van der Waals surface area (Å²) in [5.41, 5.74) is -0.788. The van der Waals surface area contributed by atoms with Gasteiger partial charge in [-0.25, -0.2) is 4.99 Å². The van der Waals surface area contributed by atoms with Gasteiger partial charge in [0.1, 0.15) is 12.4 Å². The molecule has 0 aromatic heterocycles. The lowest BCUT2D eigenvalue weighted by molar-refractivity contribution is -0.138. The van der Waals surface area contributed by atoms with Gasteiger partial charge in [0.25, 0.3) is 5.91 Å². The third-order valence-corrected chi connectivity index (χ3v) is 6.83. The third-order valence-electron chi connectivity index (χ3n) is 6.06. The number of aliphatic hydroxyl groups excluding tert-OH is 1. The Balaban J connectivity index is 1.59. The van der Waals surface area contributed by atoms with Crippen molar-refractivity contribution in [3.8, 4) is 5.75 Å². The molecule has 6 nitrogen and oxygen atoms in total. The van der Waals surface area contributed by atoms with Crippen LogP contribution in [0.2, 0.25) is 0 Å². The van der Waals surface area contributed by atoms with Crippen LogP contribution in [0.4, 0.5) is 13.2 Å². The average Bonchev–Trinajstić information content (AvgIpc) is 3.34. The van der Waals surface area contributed by atoms with Gasteiger partial charge in [-0.05, 0) is 47.5 Å². The molecule has 0 saturated heterocycles. The van der Waals surface area contributed by atoms with Crippen LogP contribution in [0.1, 0.15) is 28.7 Å². The lowest BCUT2D eigenvalue weighted by Crippen LogP contribution is -2.48. The van der Waals surface area contributed by atoms with Crippen LogP contribution in [0.3, 0.4) is 0 Å². The molecule has 1 aliphatic rings. The summed E-state index contributed by atoms with van der Waals surface area (Å²) in [4.78, 5) is 18.2. The van der Waals surface area contributed by atoms with E-state index < -0.39 is 23.2 Å². The van der Waals surface area contributed by atoms with E-state index in [1.807, 2.05) is 24.3 Å². The largest absolute Gasteiger partial charge is 0.494 e. The number of alkyl halides is 3. The van der Waals surface area contributed by atoms with Crippen LogP contribution in [-0.4, -0.2) is 42.3 Å². The number of hydrogen-bond acceptors (Lipinski definition) is 5. The molecule has 3 aromatic carbocycles. The first kappa shape index (κ1) is 27.7. The van der Waals surface area contributed by atoms with Crippen LogP contribution in [0.5, 0.6) is 5.75 Å². The van der Waals surface area contributed by atoms with Gasteiger partial charge in [0, 0.05) is 36.0 Å². The van der Waals surface area contributed by atoms with Crippen molar-refractivity contribution in [2.45, 2.75) is 31.1 Å². The zero-order valence-corrected chi connectivity index (χ0v) is 21.9. The molecule has 0 fully saturated rings. The second kappa shape index (κ2) is 12.0. The zero-order valence-electron chi connectivity index (χ0n) is 20.3. The Morgan fingerprint density at radius 1 is 1.05 bits per heavy atom. The molecule has 1 aliphatic heterocycles. The summed E-state index contributed by atoms with van der Waals surface area (Å²) in [6.45, 7) is 0.0221. The predicted molar refractivity (Wildman–Crippen MR) is 140 cm³/mol. The number of nitrogens with one attached hydrogen (secondary N) is 1. The third kappa shape index (κ3) is 6.54. The Bertz CT molecular complexity index is 1300. The molecular formula is C28H26BrF3N2O4. The molecule has 38 heavy (non-hydrogen) atoms. The van der Waals surface area contributed by atoms with Crippen molar-refractivity contribution in [1.82, 2.24) is 5.32 Å². The van der Waals surface area contributed by atoms with Crippen molar-refractivity contribution in [1.29, 1.82) is 0 Å². The fourth-order valence-corrected chi connectivity index (χ4v) is 4.50. The molecule has 1 atom stereocenters. The summed E-state index contributed by atoms with van der Waals surface area (Å²) in [5, 5.41) is 11.6. The highest BCUT2D eigenvalue weighted by Crippen LogP contribution is 2.33. The van der Waals surface area contributed by atoms with Crippen molar-refractivity contribution in [2.24, 2.45) is 4.99 Å². The van der Waals surface area contributed by atoms with Crippen LogP contribution >= 0.6 is 15.9 Å². The van der Waals surface area contributed by atoms with Crippen LogP contribution in [0.25, 0.3) is 0 Å². The van der Waals surface area contributed by atoms with Gasteiger partial charge < -0.3 is 19.9 Å². The number of carbonyl (C=O) groups excluding carboxylic acids is 1.